The number of nitrogens with zero attached hydrogens (tertiary/aromatic N) is 1. The highest BCUT2D eigenvalue weighted by Crippen LogP contribution is 2.40. The van der Waals surface area contributed by atoms with Gasteiger partial charge in [0.25, 0.3) is 5.91 Å². The first-order chi connectivity index (χ1) is 11.5. The molecule has 1 heterocycles. The smallest absolute Gasteiger partial charge is 0.303 e. The molecule has 2 atom stereocenters. The number of fused-ring (bicyclic) bond motifs is 1. The largest absolute Gasteiger partial charge is 0.458 e. The molecular formula is C20H21NO3. The van der Waals surface area contributed by atoms with Crippen molar-refractivity contribution in [2.24, 2.45) is 0 Å². The number of esters is 1. The SMILES string of the molecule is CC(=O)O[C@H]1C[C@@H](C)N(C(=O)c2ccccc2)c2ccc(C)cc21. The van der Waals surface area contributed by atoms with Gasteiger partial charge in [0.2, 0.25) is 0 Å². The molecule has 24 heavy (non-hydrogen) atoms. The second-order valence-corrected chi connectivity index (χ2v) is 6.29. The normalized spacial score (nSPS) is 19.5. The third-order valence-corrected chi connectivity index (χ3v) is 4.33. The van der Waals surface area contributed by atoms with Gasteiger partial charge < -0.3 is 9.64 Å². The molecule has 1 aliphatic rings. The van der Waals surface area contributed by atoms with Crippen LogP contribution in [0.1, 0.15) is 47.9 Å². The molecule has 0 radical (unpaired) electrons. The highest BCUT2D eigenvalue weighted by molar-refractivity contribution is 6.07. The Kier molecular flexibility index (Phi) is 4.38. The fourth-order valence-corrected chi connectivity index (χ4v) is 3.27. The zero-order valence-electron chi connectivity index (χ0n) is 14.2. The molecule has 4 heteroatoms. The van der Waals surface area contributed by atoms with Crippen molar-refractivity contribution in [3.63, 3.8) is 0 Å². The summed E-state index contributed by atoms with van der Waals surface area (Å²) in [6.45, 7) is 5.40. The van der Waals surface area contributed by atoms with Crippen molar-refractivity contribution >= 4 is 17.6 Å². The molecule has 0 N–H and O–H groups in total. The van der Waals surface area contributed by atoms with Crippen LogP contribution >= 0.6 is 0 Å². The zero-order chi connectivity index (χ0) is 17.3. The zero-order valence-corrected chi connectivity index (χ0v) is 14.2. The summed E-state index contributed by atoms with van der Waals surface area (Å²) in [7, 11) is 0. The summed E-state index contributed by atoms with van der Waals surface area (Å²) < 4.78 is 5.50. The summed E-state index contributed by atoms with van der Waals surface area (Å²) in [5.74, 6) is -0.336. The summed E-state index contributed by atoms with van der Waals surface area (Å²) in [5.41, 5.74) is 3.45. The predicted octanol–water partition coefficient (Wildman–Crippen LogP) is 4.04. The minimum absolute atomic E-state index is 0.0329. The molecule has 2 aromatic rings. The summed E-state index contributed by atoms with van der Waals surface area (Å²) in [4.78, 5) is 26.3. The molecule has 0 aliphatic carbocycles. The summed E-state index contributed by atoms with van der Waals surface area (Å²) in [5, 5.41) is 0. The molecule has 4 nitrogen and oxygen atoms in total. The number of rotatable bonds is 2. The lowest BCUT2D eigenvalue weighted by molar-refractivity contribution is -0.147. The van der Waals surface area contributed by atoms with E-state index in [1.807, 2.05) is 67.3 Å². The highest BCUT2D eigenvalue weighted by atomic mass is 16.5. The van der Waals surface area contributed by atoms with E-state index in [9.17, 15) is 9.59 Å². The number of hydrogen-bond donors (Lipinski definition) is 0. The second kappa shape index (κ2) is 6.48. The van der Waals surface area contributed by atoms with Crippen molar-refractivity contribution in [3.8, 4) is 0 Å². The average molecular weight is 323 g/mol. The van der Waals surface area contributed by atoms with E-state index in [-0.39, 0.29) is 24.0 Å². The Labute approximate surface area is 142 Å². The molecule has 0 aromatic heterocycles. The number of hydrogen-bond acceptors (Lipinski definition) is 3. The molecule has 0 saturated carbocycles. The molecule has 1 aliphatic heterocycles. The number of benzene rings is 2. The van der Waals surface area contributed by atoms with Crippen LogP contribution in [0.2, 0.25) is 0 Å². The van der Waals surface area contributed by atoms with E-state index in [1.54, 1.807) is 0 Å². The first-order valence-corrected chi connectivity index (χ1v) is 8.13. The van der Waals surface area contributed by atoms with Gasteiger partial charge in [-0.2, -0.15) is 0 Å². The average Bonchev–Trinajstić information content (AvgIpc) is 2.55. The van der Waals surface area contributed by atoms with Gasteiger partial charge in [0.1, 0.15) is 6.10 Å². The van der Waals surface area contributed by atoms with Gasteiger partial charge >= 0.3 is 5.97 Å². The number of ether oxygens (including phenoxy) is 1. The van der Waals surface area contributed by atoms with Crippen molar-refractivity contribution in [3.05, 3.63) is 65.2 Å². The fraction of sp³-hybridized carbons (Fsp3) is 0.300. The molecule has 124 valence electrons. The highest BCUT2D eigenvalue weighted by Gasteiger charge is 2.35. The lowest BCUT2D eigenvalue weighted by Gasteiger charge is -2.39. The van der Waals surface area contributed by atoms with Crippen LogP contribution in [0.4, 0.5) is 5.69 Å². The van der Waals surface area contributed by atoms with Crippen LogP contribution in [0.25, 0.3) is 0 Å². The number of aryl methyl sites for hydroxylation is 1. The first kappa shape index (κ1) is 16.2. The van der Waals surface area contributed by atoms with Gasteiger partial charge in [-0.05, 0) is 32.0 Å². The van der Waals surface area contributed by atoms with Crippen LogP contribution in [-0.2, 0) is 9.53 Å². The standard InChI is InChI=1S/C20H21NO3/c1-13-9-10-18-17(11-13)19(24-15(3)22)12-14(2)21(18)20(23)16-7-5-4-6-8-16/h4-11,14,19H,12H2,1-3H3/t14-,19+/m1/s1. The molecule has 0 unspecified atom stereocenters. The van der Waals surface area contributed by atoms with Crippen LogP contribution in [0, 0.1) is 6.92 Å². The predicted molar refractivity (Wildman–Crippen MR) is 93.0 cm³/mol. The van der Waals surface area contributed by atoms with Crippen molar-refractivity contribution < 1.29 is 14.3 Å². The first-order valence-electron chi connectivity index (χ1n) is 8.13. The van der Waals surface area contributed by atoms with Gasteiger partial charge in [-0.3, -0.25) is 9.59 Å². The molecule has 0 saturated heterocycles. The quantitative estimate of drug-likeness (QED) is 0.784. The Hall–Kier alpha value is -2.62. The Morgan fingerprint density at radius 2 is 1.83 bits per heavy atom. The van der Waals surface area contributed by atoms with Gasteiger partial charge in [-0.15, -0.1) is 0 Å². The third kappa shape index (κ3) is 3.04. The van der Waals surface area contributed by atoms with Crippen molar-refractivity contribution in [1.82, 2.24) is 0 Å². The van der Waals surface area contributed by atoms with E-state index < -0.39 is 0 Å². The van der Waals surface area contributed by atoms with Gasteiger partial charge in [-0.1, -0.05) is 35.9 Å². The van der Waals surface area contributed by atoms with Gasteiger partial charge in [0.15, 0.2) is 0 Å². The summed E-state index contributed by atoms with van der Waals surface area (Å²) in [6, 6.07) is 15.1. The minimum atomic E-state index is -0.313. The maximum absolute atomic E-state index is 13.0. The molecule has 0 spiro atoms. The fourth-order valence-electron chi connectivity index (χ4n) is 3.27. The Balaban J connectivity index is 2.05. The molecule has 2 aromatic carbocycles. The van der Waals surface area contributed by atoms with Crippen molar-refractivity contribution in [2.45, 2.75) is 39.3 Å². The minimum Gasteiger partial charge on any atom is -0.458 e. The van der Waals surface area contributed by atoms with Crippen LogP contribution in [0.3, 0.4) is 0 Å². The van der Waals surface area contributed by atoms with E-state index in [2.05, 4.69) is 0 Å². The second-order valence-electron chi connectivity index (χ2n) is 6.29. The van der Waals surface area contributed by atoms with E-state index >= 15 is 0 Å². The van der Waals surface area contributed by atoms with Gasteiger partial charge in [0.05, 0.1) is 5.69 Å². The van der Waals surface area contributed by atoms with E-state index in [4.69, 9.17) is 4.74 Å². The summed E-state index contributed by atoms with van der Waals surface area (Å²) >= 11 is 0. The van der Waals surface area contributed by atoms with Gasteiger partial charge in [-0.25, -0.2) is 0 Å². The Morgan fingerprint density at radius 1 is 1.12 bits per heavy atom. The Morgan fingerprint density at radius 3 is 2.50 bits per heavy atom. The topological polar surface area (TPSA) is 46.6 Å². The Bertz CT molecular complexity index is 770. The van der Waals surface area contributed by atoms with Crippen LogP contribution < -0.4 is 4.90 Å². The summed E-state index contributed by atoms with van der Waals surface area (Å²) in [6.07, 6.45) is 0.279. The monoisotopic (exact) mass is 323 g/mol. The van der Waals surface area contributed by atoms with Crippen molar-refractivity contribution in [1.29, 1.82) is 0 Å². The number of amides is 1. The molecule has 3 rings (SSSR count). The molecular weight excluding hydrogens is 302 g/mol. The van der Waals surface area contributed by atoms with E-state index in [0.29, 0.717) is 12.0 Å². The van der Waals surface area contributed by atoms with Crippen molar-refractivity contribution in [2.75, 3.05) is 4.90 Å². The lowest BCUT2D eigenvalue weighted by atomic mass is 9.91. The van der Waals surface area contributed by atoms with E-state index in [0.717, 1.165) is 16.8 Å². The van der Waals surface area contributed by atoms with E-state index in [1.165, 1.54) is 6.92 Å². The van der Waals surface area contributed by atoms with Crippen LogP contribution in [-0.4, -0.2) is 17.9 Å². The van der Waals surface area contributed by atoms with Gasteiger partial charge in [0, 0.05) is 30.5 Å². The number of anilines is 1. The lowest BCUT2D eigenvalue weighted by Crippen LogP contribution is -2.43. The maximum Gasteiger partial charge on any atom is 0.303 e. The molecule has 1 amide bonds. The third-order valence-electron chi connectivity index (χ3n) is 4.33. The van der Waals surface area contributed by atoms with Crippen LogP contribution in [0.5, 0.6) is 0 Å². The number of carbonyl (C=O) groups excluding carboxylic acids is 2. The molecule has 0 bridgehead atoms. The van der Waals surface area contributed by atoms with Crippen LogP contribution in [0.15, 0.2) is 48.5 Å². The number of carbonyl (C=O) groups is 2. The maximum atomic E-state index is 13.0. The molecule has 0 fully saturated rings.